The molecule has 0 fully saturated rings. The van der Waals surface area contributed by atoms with Gasteiger partial charge in [0.1, 0.15) is 11.3 Å². The summed E-state index contributed by atoms with van der Waals surface area (Å²) in [4.78, 5) is 19.3. The average molecular weight is 464 g/mol. The molecule has 8 heteroatoms. The fraction of sp³-hybridized carbons (Fsp3) is 0.120. The number of anilines is 1. The number of rotatable bonds is 6. The fourth-order valence-electron chi connectivity index (χ4n) is 3.60. The van der Waals surface area contributed by atoms with Gasteiger partial charge in [-0.25, -0.2) is 13.8 Å². The minimum atomic E-state index is -0.773. The molecule has 2 aromatic heterocycles. The van der Waals surface area contributed by atoms with E-state index < -0.39 is 17.5 Å². The van der Waals surface area contributed by atoms with Gasteiger partial charge < -0.3 is 9.15 Å². The number of aromatic nitrogens is 1. The third kappa shape index (κ3) is 4.05. The molecule has 0 N–H and O–H groups in total. The van der Waals surface area contributed by atoms with E-state index in [0.717, 1.165) is 28.4 Å². The first-order chi connectivity index (χ1) is 16.0. The molecule has 0 bridgehead atoms. The van der Waals surface area contributed by atoms with E-state index in [1.807, 2.05) is 49.4 Å². The van der Waals surface area contributed by atoms with Crippen LogP contribution in [-0.4, -0.2) is 17.5 Å². The summed E-state index contributed by atoms with van der Waals surface area (Å²) in [6, 6.07) is 18.4. The number of hydrogen-bond donors (Lipinski definition) is 0. The smallest absolute Gasteiger partial charge is 0.296 e. The first-order valence-corrected chi connectivity index (χ1v) is 11.1. The summed E-state index contributed by atoms with van der Waals surface area (Å²) in [6.07, 6.45) is 0. The van der Waals surface area contributed by atoms with Gasteiger partial charge in [-0.1, -0.05) is 53.8 Å². The summed E-state index contributed by atoms with van der Waals surface area (Å²) in [5.41, 5.74) is 1.34. The monoisotopic (exact) mass is 464 g/mol. The van der Waals surface area contributed by atoms with Crippen molar-refractivity contribution in [1.82, 2.24) is 4.98 Å². The van der Waals surface area contributed by atoms with E-state index in [1.54, 1.807) is 12.1 Å². The number of nitrogens with zero attached hydrogens (tertiary/aromatic N) is 2. The minimum absolute atomic E-state index is 0.0190. The highest BCUT2D eigenvalue weighted by Gasteiger charge is 2.26. The second kappa shape index (κ2) is 8.63. The Balaban J connectivity index is 1.60. The molecule has 0 saturated carbocycles. The van der Waals surface area contributed by atoms with Crippen molar-refractivity contribution >= 4 is 43.6 Å². The molecule has 0 unspecified atom stereocenters. The van der Waals surface area contributed by atoms with Crippen LogP contribution in [0.1, 0.15) is 23.0 Å². The number of amides is 1. The number of thiazole rings is 1. The molecule has 1 amide bonds. The topological polar surface area (TPSA) is 55.6 Å². The normalized spacial score (nSPS) is 11.2. The number of furan rings is 1. The second-order valence-electron chi connectivity index (χ2n) is 7.33. The van der Waals surface area contributed by atoms with Gasteiger partial charge >= 0.3 is 0 Å². The zero-order valence-electron chi connectivity index (χ0n) is 17.5. The standard InChI is InChI=1S/C25H18F2N2O3S/c1-2-31-19-10-6-9-16-11-20(32-23(16)19)24(30)29(14-15-7-4-3-5-8-15)25-28-22-18(27)12-17(26)13-21(22)33-25/h3-13H,2,14H2,1H3. The largest absolute Gasteiger partial charge is 0.490 e. The number of halogens is 2. The molecule has 5 aromatic rings. The van der Waals surface area contributed by atoms with Gasteiger partial charge in [0.25, 0.3) is 5.91 Å². The number of para-hydroxylation sites is 1. The lowest BCUT2D eigenvalue weighted by Crippen LogP contribution is -2.30. The fourth-order valence-corrected chi connectivity index (χ4v) is 4.60. The Hall–Kier alpha value is -3.78. The van der Waals surface area contributed by atoms with Gasteiger partial charge in [0.15, 0.2) is 28.0 Å². The van der Waals surface area contributed by atoms with Crippen LogP contribution in [0.5, 0.6) is 5.75 Å². The molecule has 0 aliphatic carbocycles. The summed E-state index contributed by atoms with van der Waals surface area (Å²) in [6.45, 7) is 2.50. The van der Waals surface area contributed by atoms with E-state index in [-0.39, 0.29) is 23.0 Å². The van der Waals surface area contributed by atoms with Crippen LogP contribution in [0.15, 0.2) is 71.1 Å². The zero-order valence-corrected chi connectivity index (χ0v) is 18.4. The number of carbonyl (C=O) groups is 1. The molecular weight excluding hydrogens is 446 g/mol. The van der Waals surface area contributed by atoms with Crippen LogP contribution in [-0.2, 0) is 6.54 Å². The molecule has 0 aliphatic rings. The predicted molar refractivity (Wildman–Crippen MR) is 124 cm³/mol. The summed E-state index contributed by atoms with van der Waals surface area (Å²) in [7, 11) is 0. The summed E-state index contributed by atoms with van der Waals surface area (Å²) in [5.74, 6) is -1.28. The molecular formula is C25H18F2N2O3S. The van der Waals surface area contributed by atoms with Crippen LogP contribution in [0.25, 0.3) is 21.2 Å². The molecule has 0 atom stereocenters. The van der Waals surface area contributed by atoms with Crippen LogP contribution in [0.4, 0.5) is 13.9 Å². The first kappa shape index (κ1) is 21.1. The molecule has 5 nitrogen and oxygen atoms in total. The van der Waals surface area contributed by atoms with Crippen molar-refractivity contribution in [2.24, 2.45) is 0 Å². The molecule has 2 heterocycles. The summed E-state index contributed by atoms with van der Waals surface area (Å²) < 4.78 is 39.9. The number of ether oxygens (including phenoxy) is 1. The van der Waals surface area contributed by atoms with Crippen LogP contribution in [0.2, 0.25) is 0 Å². The molecule has 0 aliphatic heterocycles. The Bertz CT molecular complexity index is 1460. The number of carbonyl (C=O) groups excluding carboxylic acids is 1. The van der Waals surface area contributed by atoms with Crippen molar-refractivity contribution in [3.05, 3.63) is 89.7 Å². The maximum Gasteiger partial charge on any atom is 0.296 e. The van der Waals surface area contributed by atoms with Gasteiger partial charge in [0.05, 0.1) is 17.9 Å². The highest BCUT2D eigenvalue weighted by Crippen LogP contribution is 2.34. The van der Waals surface area contributed by atoms with E-state index in [9.17, 15) is 13.6 Å². The summed E-state index contributed by atoms with van der Waals surface area (Å²) >= 11 is 1.04. The van der Waals surface area contributed by atoms with Gasteiger partial charge in [-0.3, -0.25) is 9.69 Å². The van der Waals surface area contributed by atoms with Crippen LogP contribution in [0, 0.1) is 11.6 Å². The highest BCUT2D eigenvalue weighted by molar-refractivity contribution is 7.22. The number of hydrogen-bond acceptors (Lipinski definition) is 5. The lowest BCUT2D eigenvalue weighted by molar-refractivity contribution is 0.0960. The number of benzene rings is 3. The van der Waals surface area contributed by atoms with Crippen molar-refractivity contribution in [1.29, 1.82) is 0 Å². The van der Waals surface area contributed by atoms with E-state index >= 15 is 0 Å². The third-order valence-corrected chi connectivity index (χ3v) is 6.11. The molecule has 3 aromatic carbocycles. The van der Waals surface area contributed by atoms with Crippen molar-refractivity contribution in [3.63, 3.8) is 0 Å². The lowest BCUT2D eigenvalue weighted by Gasteiger charge is -2.18. The van der Waals surface area contributed by atoms with Gasteiger partial charge in [0, 0.05) is 11.5 Å². The summed E-state index contributed by atoms with van der Waals surface area (Å²) in [5, 5.41) is 0.968. The molecule has 33 heavy (non-hydrogen) atoms. The van der Waals surface area contributed by atoms with Crippen molar-refractivity contribution in [2.75, 3.05) is 11.5 Å². The first-order valence-electron chi connectivity index (χ1n) is 10.3. The van der Waals surface area contributed by atoms with E-state index in [4.69, 9.17) is 9.15 Å². The van der Waals surface area contributed by atoms with Crippen molar-refractivity contribution in [3.8, 4) is 5.75 Å². The molecule has 0 saturated heterocycles. The van der Waals surface area contributed by atoms with Gasteiger partial charge in [-0.15, -0.1) is 0 Å². The van der Waals surface area contributed by atoms with Crippen molar-refractivity contribution < 1.29 is 22.7 Å². The van der Waals surface area contributed by atoms with E-state index in [1.165, 1.54) is 11.0 Å². The van der Waals surface area contributed by atoms with Crippen LogP contribution >= 0.6 is 11.3 Å². The molecule has 0 radical (unpaired) electrons. The Labute approximate surface area is 191 Å². The maximum atomic E-state index is 14.3. The lowest BCUT2D eigenvalue weighted by atomic mass is 10.2. The minimum Gasteiger partial charge on any atom is -0.490 e. The predicted octanol–water partition coefficient (Wildman–Crippen LogP) is 6.57. The SMILES string of the molecule is CCOc1cccc2cc(C(=O)N(Cc3ccccc3)c3nc4c(F)cc(F)cc4s3)oc12. The molecule has 0 spiro atoms. The van der Waals surface area contributed by atoms with Crippen LogP contribution in [0.3, 0.4) is 0 Å². The molecule has 166 valence electrons. The van der Waals surface area contributed by atoms with Gasteiger partial charge in [-0.2, -0.15) is 0 Å². The van der Waals surface area contributed by atoms with E-state index in [2.05, 4.69) is 4.98 Å². The Morgan fingerprint density at radius 3 is 2.70 bits per heavy atom. The maximum absolute atomic E-state index is 14.3. The average Bonchev–Trinajstić information content (AvgIpc) is 3.43. The van der Waals surface area contributed by atoms with Crippen LogP contribution < -0.4 is 9.64 Å². The number of fused-ring (bicyclic) bond motifs is 2. The third-order valence-electron chi connectivity index (χ3n) is 5.08. The Morgan fingerprint density at radius 2 is 1.91 bits per heavy atom. The van der Waals surface area contributed by atoms with Gasteiger partial charge in [-0.05, 0) is 30.7 Å². The van der Waals surface area contributed by atoms with Gasteiger partial charge in [0.2, 0.25) is 0 Å². The molecule has 5 rings (SSSR count). The highest BCUT2D eigenvalue weighted by atomic mass is 32.1. The zero-order chi connectivity index (χ0) is 22.9. The second-order valence-corrected chi connectivity index (χ2v) is 8.33. The van der Waals surface area contributed by atoms with E-state index in [0.29, 0.717) is 22.6 Å². The van der Waals surface area contributed by atoms with Crippen molar-refractivity contribution in [2.45, 2.75) is 13.5 Å². The quantitative estimate of drug-likeness (QED) is 0.285. The Morgan fingerprint density at radius 1 is 1.09 bits per heavy atom. The Kier molecular flexibility index (Phi) is 5.51.